The highest BCUT2D eigenvalue weighted by Crippen LogP contribution is 2.33. The number of rotatable bonds is 53. The van der Waals surface area contributed by atoms with E-state index in [0.717, 1.165) is 17.7 Å². The molecule has 0 aromatic heterocycles. The fourth-order valence-electron chi connectivity index (χ4n) is 14.1. The average Bonchev–Trinajstić information content (AvgIpc) is 1.79. The number of thioether (sulfide) groups is 1. The summed E-state index contributed by atoms with van der Waals surface area (Å²) in [5.41, 5.74) is 7.03. The summed E-state index contributed by atoms with van der Waals surface area (Å²) in [7, 11) is 7.72. The molecule has 0 bridgehead atoms. The molecule has 12 atom stereocenters. The molecule has 0 aliphatic carbocycles. The minimum atomic E-state index is -1.04. The molecule has 2 aromatic rings. The summed E-state index contributed by atoms with van der Waals surface area (Å²) < 4.78 is 39.5. The number of anilines is 1. The van der Waals surface area contributed by atoms with E-state index < -0.39 is 96.0 Å². The number of benzene rings is 2. The molecule has 0 radical (unpaired) electrons. The van der Waals surface area contributed by atoms with E-state index in [1.807, 2.05) is 65.0 Å². The summed E-state index contributed by atoms with van der Waals surface area (Å²) in [5.74, 6) is -6.50. The third-order valence-electron chi connectivity index (χ3n) is 20.4. The van der Waals surface area contributed by atoms with Gasteiger partial charge < -0.3 is 74.9 Å². The summed E-state index contributed by atoms with van der Waals surface area (Å²) in [6.07, 6.45) is 2.40. The Labute approximate surface area is 650 Å². The summed E-state index contributed by atoms with van der Waals surface area (Å²) in [4.78, 5) is 170. The summed E-state index contributed by atoms with van der Waals surface area (Å²) in [5, 5.41) is 10.8. The van der Waals surface area contributed by atoms with Crippen LogP contribution in [0.5, 0.6) is 0 Å². The van der Waals surface area contributed by atoms with Gasteiger partial charge in [-0.05, 0) is 97.6 Å². The number of esters is 1. The number of hydrogen-bond donors (Lipinski definition) is 5. The molecule has 2 aromatic carbocycles. The summed E-state index contributed by atoms with van der Waals surface area (Å²) >= 11 is 1.50. The van der Waals surface area contributed by atoms with Gasteiger partial charge in [0.05, 0.1) is 87.0 Å². The number of urea groups is 1. The Bertz CT molecular complexity index is 3200. The van der Waals surface area contributed by atoms with Crippen molar-refractivity contribution in [2.75, 3.05) is 106 Å². The van der Waals surface area contributed by atoms with E-state index in [4.69, 9.17) is 38.9 Å². The van der Waals surface area contributed by atoms with Crippen molar-refractivity contribution in [3.05, 3.63) is 65.7 Å². The van der Waals surface area contributed by atoms with Crippen LogP contribution in [0.4, 0.5) is 15.3 Å². The second kappa shape index (κ2) is 49.6. The van der Waals surface area contributed by atoms with Gasteiger partial charge in [0.15, 0.2) is 11.6 Å². The summed E-state index contributed by atoms with van der Waals surface area (Å²) in [6, 6.07) is 11.0. The van der Waals surface area contributed by atoms with Crippen LogP contribution >= 0.6 is 11.8 Å². The van der Waals surface area contributed by atoms with Crippen LogP contribution in [0.2, 0.25) is 0 Å². The van der Waals surface area contributed by atoms with Crippen LogP contribution in [0, 0.1) is 41.4 Å². The molecule has 612 valence electrons. The highest BCUT2D eigenvalue weighted by molar-refractivity contribution is 8.00. The van der Waals surface area contributed by atoms with Gasteiger partial charge in [-0.15, -0.1) is 11.8 Å². The first-order valence-electron chi connectivity index (χ1n) is 38.8. The lowest BCUT2D eigenvalue weighted by Gasteiger charge is -2.41. The quantitative estimate of drug-likeness (QED) is 0.0236. The highest BCUT2D eigenvalue weighted by atomic mass is 32.2. The lowest BCUT2D eigenvalue weighted by atomic mass is 9.83. The smallest absolute Gasteiger partial charge is 0.410 e. The summed E-state index contributed by atoms with van der Waals surface area (Å²) in [6.45, 7) is 20.9. The van der Waals surface area contributed by atoms with Crippen LogP contribution in [-0.2, 0) is 94.1 Å². The molecule has 1 unspecified atom stereocenters. The van der Waals surface area contributed by atoms with Gasteiger partial charge in [0.2, 0.25) is 41.4 Å². The number of methoxy groups -OCH3 is 3. The molecule has 10 amide bonds. The van der Waals surface area contributed by atoms with Gasteiger partial charge in [-0.2, -0.15) is 0 Å². The van der Waals surface area contributed by atoms with Crippen molar-refractivity contribution in [2.24, 2.45) is 47.2 Å². The maximum Gasteiger partial charge on any atom is 0.410 e. The average molecular weight is 1550 g/mol. The zero-order chi connectivity index (χ0) is 80.9. The van der Waals surface area contributed by atoms with E-state index in [9.17, 15) is 52.7 Å². The molecule has 4 rings (SSSR count). The molecule has 2 aliphatic rings. The number of primary amides is 1. The standard InChI is InChI=1S/C80H127N9O19S/c1-16-44-109-66-49-69(94)89(77(66)98)36-23-19-22-30-67(92)85-70(52(5)6)63(90)46-58(28-24-35-82-79(81)100)75(96)83-59-33-31-57(32-34-59)50-108-80(101)87(12)71(53(7)8)64(91)47-60(51(3)4)76(97)86(11)72(54(9)17-2)65(103-14)48-68(93)88-37-25-29-62(88)73(104-15)55(10)74(95)84-61(45-56-26-20-18-21-27-56)78(99)107-43-42-106-41-40-105-39-38-102-13/h18,20-21,26-27,31-34,51-55,58,60-62,65-66,70-73H,16-17,19,22-25,28-30,35-50H2,1-15H3,(H,83,96)(H,84,95)(H,85,92)(H3,81,82,100)/t54-,55+,58+,60-,61-,62-,65+,66?,70-,71-,72-,73+/m0/s1. The number of likely N-dealkylation sites (tertiary alicyclic amines) is 2. The normalized spacial score (nSPS) is 17.2. The van der Waals surface area contributed by atoms with Gasteiger partial charge in [-0.1, -0.05) is 125 Å². The lowest BCUT2D eigenvalue weighted by Crippen LogP contribution is -2.55. The lowest BCUT2D eigenvalue weighted by molar-refractivity contribution is -0.151. The minimum absolute atomic E-state index is 0.0421. The van der Waals surface area contributed by atoms with Gasteiger partial charge in [0.25, 0.3) is 0 Å². The van der Waals surface area contributed by atoms with E-state index in [1.54, 1.807) is 82.8 Å². The number of carbonyl (C=O) groups excluding carboxylic acids is 12. The second-order valence-corrected chi connectivity index (χ2v) is 30.9. The first-order chi connectivity index (χ1) is 51.9. The molecule has 2 saturated heterocycles. The van der Waals surface area contributed by atoms with E-state index in [-0.39, 0.29) is 135 Å². The van der Waals surface area contributed by atoms with E-state index in [2.05, 4.69) is 21.3 Å². The van der Waals surface area contributed by atoms with Crippen LogP contribution in [0.1, 0.15) is 170 Å². The van der Waals surface area contributed by atoms with Crippen LogP contribution in [-0.4, -0.2) is 239 Å². The largest absolute Gasteiger partial charge is 0.462 e. The number of carbonyl (C=O) groups is 12. The number of amides is 10. The first-order valence-corrected chi connectivity index (χ1v) is 39.9. The third-order valence-corrected chi connectivity index (χ3v) is 21.8. The zero-order valence-corrected chi connectivity index (χ0v) is 68.1. The maximum absolute atomic E-state index is 15.0. The topological polar surface area (TPSA) is 357 Å². The van der Waals surface area contributed by atoms with Crippen molar-refractivity contribution in [3.63, 3.8) is 0 Å². The fraction of sp³-hybridized carbons (Fsp3) is 0.700. The number of unbranched alkanes of at least 4 members (excludes halogenated alkanes) is 2. The van der Waals surface area contributed by atoms with Gasteiger partial charge in [-0.25, -0.2) is 14.4 Å². The number of nitrogens with zero attached hydrogens (tertiary/aromatic N) is 4. The molecule has 6 N–H and O–H groups in total. The van der Waals surface area contributed by atoms with Gasteiger partial charge >= 0.3 is 18.1 Å². The number of likely N-dealkylation sites (N-methyl/N-ethyl adjacent to an activating group) is 2. The molecule has 109 heavy (non-hydrogen) atoms. The second-order valence-electron chi connectivity index (χ2n) is 29.6. The van der Waals surface area contributed by atoms with E-state index in [1.165, 1.54) is 42.8 Å². The number of ether oxygens (including phenoxy) is 7. The Hall–Kier alpha value is -7.57. The van der Waals surface area contributed by atoms with Crippen molar-refractivity contribution in [3.8, 4) is 0 Å². The van der Waals surface area contributed by atoms with Crippen LogP contribution < -0.4 is 27.0 Å². The number of Topliss-reactive ketones (excluding diaryl/α,β-unsaturated/α-hetero) is 2. The Morgan fingerprint density at radius 1 is 0.697 bits per heavy atom. The van der Waals surface area contributed by atoms with Gasteiger partial charge in [0, 0.05) is 105 Å². The van der Waals surface area contributed by atoms with Crippen molar-refractivity contribution in [1.82, 2.24) is 35.6 Å². The number of nitrogens with one attached hydrogen (secondary N) is 4. The highest BCUT2D eigenvalue weighted by Gasteiger charge is 2.45. The number of ketones is 2. The van der Waals surface area contributed by atoms with Gasteiger partial charge in [0.1, 0.15) is 19.3 Å². The molecule has 2 fully saturated rings. The molecule has 0 saturated carbocycles. The fourth-order valence-corrected chi connectivity index (χ4v) is 15.1. The van der Waals surface area contributed by atoms with Gasteiger partial charge in [-0.3, -0.25) is 48.1 Å². The SMILES string of the molecule is CCCSC1CC(=O)N(CCCCCC(=O)N[C@H](C(=O)C[C@@H](CCCNC(N)=O)C(=O)Nc2ccc(COC(=O)N(C)[C@H](C(=O)C[C@H](C(=O)N(C)[C@@H]([C@@H](C)CC)[C@@H](CC(=O)N3CCC[C@H]3[C@H](OC)[C@@H](C)C(=O)N[C@@H](Cc3ccccc3)C(=O)OCCOCCOCCOC)OC)C(C)C)C(C)C)cc2)C(C)C)C1=O. The molecule has 29 heteroatoms. The molecule has 0 spiro atoms. The van der Waals surface area contributed by atoms with Crippen molar-refractivity contribution < 1.29 is 90.7 Å². The molecular formula is C80H127N9O19S. The molecule has 2 aliphatic heterocycles. The number of hydrogen-bond acceptors (Lipinski definition) is 20. The van der Waals surface area contributed by atoms with Crippen molar-refractivity contribution in [2.45, 2.75) is 220 Å². The van der Waals surface area contributed by atoms with Crippen molar-refractivity contribution in [1.29, 1.82) is 0 Å². The van der Waals surface area contributed by atoms with E-state index in [0.29, 0.717) is 95.7 Å². The maximum atomic E-state index is 15.0. The predicted octanol–water partition coefficient (Wildman–Crippen LogP) is 8.32. The van der Waals surface area contributed by atoms with Crippen LogP contribution in [0.3, 0.4) is 0 Å². The Balaban J connectivity index is 1.37. The zero-order valence-electron chi connectivity index (χ0n) is 67.3. The Morgan fingerprint density at radius 3 is 1.97 bits per heavy atom. The van der Waals surface area contributed by atoms with Crippen molar-refractivity contribution >= 4 is 88.5 Å². The van der Waals surface area contributed by atoms with E-state index >= 15 is 4.79 Å². The molecular weight excluding hydrogens is 1420 g/mol. The Kier molecular flexibility index (Phi) is 42.7. The molecule has 2 heterocycles. The molecule has 28 nitrogen and oxygen atoms in total. The minimum Gasteiger partial charge on any atom is -0.462 e. The third kappa shape index (κ3) is 30.9. The number of imide groups is 1. The Morgan fingerprint density at radius 2 is 1.37 bits per heavy atom. The number of nitrogens with two attached hydrogens (primary N) is 1. The predicted molar refractivity (Wildman–Crippen MR) is 415 cm³/mol. The monoisotopic (exact) mass is 1550 g/mol. The van der Waals surface area contributed by atoms with Crippen LogP contribution in [0.15, 0.2) is 54.6 Å². The first kappa shape index (κ1) is 93.8. The van der Waals surface area contributed by atoms with Crippen LogP contribution in [0.25, 0.3) is 0 Å².